The molecule has 0 saturated heterocycles. The van der Waals surface area contributed by atoms with Crippen molar-refractivity contribution in [3.63, 3.8) is 0 Å². The summed E-state index contributed by atoms with van der Waals surface area (Å²) in [5.41, 5.74) is 2.35. The van der Waals surface area contributed by atoms with Gasteiger partial charge in [0.1, 0.15) is 11.9 Å². The molecule has 2 aromatic carbocycles. The zero-order valence-electron chi connectivity index (χ0n) is 20.8. The van der Waals surface area contributed by atoms with E-state index in [9.17, 15) is 15.0 Å². The number of benzene rings is 2. The van der Waals surface area contributed by atoms with Crippen LogP contribution in [-0.4, -0.2) is 53.8 Å². The van der Waals surface area contributed by atoms with E-state index in [4.69, 9.17) is 9.97 Å². The van der Waals surface area contributed by atoms with Crippen LogP contribution in [0.25, 0.3) is 11.2 Å². The van der Waals surface area contributed by atoms with Gasteiger partial charge in [0.25, 0.3) is 0 Å². The van der Waals surface area contributed by atoms with Gasteiger partial charge in [-0.05, 0) is 49.3 Å². The van der Waals surface area contributed by atoms with Gasteiger partial charge in [0.2, 0.25) is 5.82 Å². The molecule has 2 heterocycles. The number of carbonyl (C=O) groups is 1. The van der Waals surface area contributed by atoms with Crippen molar-refractivity contribution in [3.05, 3.63) is 83.9 Å². The Kier molecular flexibility index (Phi) is 5.15. The van der Waals surface area contributed by atoms with E-state index in [-0.39, 0.29) is 17.7 Å². The van der Waals surface area contributed by atoms with Crippen molar-refractivity contribution in [2.75, 3.05) is 5.32 Å². The number of rotatable bonds is 5. The highest BCUT2D eigenvalue weighted by atomic mass is 16.3. The molecule has 2 aromatic heterocycles. The maximum absolute atomic E-state index is 12.4. The van der Waals surface area contributed by atoms with Gasteiger partial charge in [-0.25, -0.2) is 15.0 Å². The fourth-order valence-electron chi connectivity index (χ4n) is 6.31. The summed E-state index contributed by atoms with van der Waals surface area (Å²) in [6, 6.07) is 19.7. The molecule has 3 saturated carbocycles. The molecule has 7 rings (SSSR count). The Morgan fingerprint density at radius 2 is 1.79 bits per heavy atom. The summed E-state index contributed by atoms with van der Waals surface area (Å²) >= 11 is 0. The molecule has 0 aliphatic heterocycles. The summed E-state index contributed by atoms with van der Waals surface area (Å²) < 4.78 is 1.80. The molecule has 4 aromatic rings. The third-order valence-corrected chi connectivity index (χ3v) is 8.50. The molecular weight excluding hydrogens is 478 g/mol. The number of ketones is 1. The molecular formula is C30H27N5O3. The number of aliphatic hydroxyl groups is 2. The van der Waals surface area contributed by atoms with E-state index in [1.165, 1.54) is 12.5 Å². The molecule has 7 atom stereocenters. The van der Waals surface area contributed by atoms with Crippen molar-refractivity contribution in [1.29, 1.82) is 0 Å². The van der Waals surface area contributed by atoms with Crippen molar-refractivity contribution in [1.82, 2.24) is 19.5 Å². The molecule has 3 aliphatic rings. The Labute approximate surface area is 219 Å². The average molecular weight is 506 g/mol. The van der Waals surface area contributed by atoms with Gasteiger partial charge >= 0.3 is 0 Å². The zero-order valence-corrected chi connectivity index (χ0v) is 20.8. The van der Waals surface area contributed by atoms with Gasteiger partial charge < -0.3 is 20.1 Å². The normalized spacial score (nSPS) is 30.8. The molecule has 3 aliphatic carbocycles. The topological polar surface area (TPSA) is 113 Å². The number of aliphatic hydroxyl groups excluding tert-OH is 2. The van der Waals surface area contributed by atoms with Crippen LogP contribution in [0.4, 0.5) is 5.82 Å². The molecule has 0 radical (unpaired) electrons. The van der Waals surface area contributed by atoms with Crippen LogP contribution < -0.4 is 5.32 Å². The van der Waals surface area contributed by atoms with Crippen molar-refractivity contribution < 1.29 is 15.0 Å². The Balaban J connectivity index is 1.28. The summed E-state index contributed by atoms with van der Waals surface area (Å²) in [7, 11) is 0. The summed E-state index contributed by atoms with van der Waals surface area (Å²) in [5.74, 6) is 7.27. The fourth-order valence-corrected chi connectivity index (χ4v) is 6.31. The van der Waals surface area contributed by atoms with E-state index in [0.29, 0.717) is 35.1 Å². The fraction of sp³-hybridized carbons (Fsp3) is 0.333. The predicted octanol–water partition coefficient (Wildman–Crippen LogP) is 3.07. The molecule has 0 bridgehead atoms. The zero-order chi connectivity index (χ0) is 26.0. The first kappa shape index (κ1) is 23.1. The monoisotopic (exact) mass is 505 g/mol. The van der Waals surface area contributed by atoms with Crippen molar-refractivity contribution in [2.45, 2.75) is 50.0 Å². The number of nitrogens with zero attached hydrogens (tertiary/aromatic N) is 4. The highest BCUT2D eigenvalue weighted by Crippen LogP contribution is 2.68. The molecule has 8 heteroatoms. The van der Waals surface area contributed by atoms with Gasteiger partial charge in [-0.1, -0.05) is 54.5 Å². The lowest BCUT2D eigenvalue weighted by Crippen LogP contribution is -2.36. The van der Waals surface area contributed by atoms with Gasteiger partial charge in [-0.15, -0.1) is 0 Å². The van der Waals surface area contributed by atoms with Gasteiger partial charge in [0, 0.05) is 17.5 Å². The maximum Gasteiger partial charge on any atom is 0.209 e. The first-order chi connectivity index (χ1) is 18.5. The molecule has 3 fully saturated rings. The van der Waals surface area contributed by atoms with Crippen LogP contribution >= 0.6 is 0 Å². The first-order valence-electron chi connectivity index (χ1n) is 13.0. The van der Waals surface area contributed by atoms with E-state index in [1.54, 1.807) is 10.9 Å². The van der Waals surface area contributed by atoms with Gasteiger partial charge in [-0.2, -0.15) is 0 Å². The van der Waals surface area contributed by atoms with Crippen LogP contribution in [0.3, 0.4) is 0 Å². The average Bonchev–Trinajstić information content (AvgIpc) is 3.82. The summed E-state index contributed by atoms with van der Waals surface area (Å²) in [6.45, 7) is 1.49. The van der Waals surface area contributed by atoms with Crippen LogP contribution in [0.5, 0.6) is 0 Å². The van der Waals surface area contributed by atoms with Crippen molar-refractivity contribution >= 4 is 22.8 Å². The first-order valence-corrected chi connectivity index (χ1v) is 13.0. The number of Topliss-reactive ketones (excluding diaryl/α,β-unsaturated/α-hetero) is 1. The Bertz CT molecular complexity index is 1610. The van der Waals surface area contributed by atoms with Gasteiger partial charge in [-0.3, -0.25) is 4.79 Å². The number of hydrogen-bond acceptors (Lipinski definition) is 7. The van der Waals surface area contributed by atoms with E-state index in [0.717, 1.165) is 12.0 Å². The molecule has 38 heavy (non-hydrogen) atoms. The molecule has 0 spiro atoms. The highest BCUT2D eigenvalue weighted by molar-refractivity contribution is 5.88. The summed E-state index contributed by atoms with van der Waals surface area (Å²) in [4.78, 5) is 26.5. The molecule has 190 valence electrons. The maximum atomic E-state index is 12.4. The van der Waals surface area contributed by atoms with Crippen LogP contribution in [0.15, 0.2) is 67.0 Å². The van der Waals surface area contributed by atoms with E-state index in [1.807, 2.05) is 48.5 Å². The standard InChI is InChI=1S/C30H27N5O3/c1-17(36)30-15-21(30)25(26(37)27(30)38)35-16-31-24-28(32-22-14-20(22)19-10-6-3-7-11-19)33-23(34-29(24)35)13-12-18-8-4-2-5-9-18/h2-11,16,20-22,25-27,37-38H,14-15H2,1H3,(H,32,33,34)/t20?,21?,22-,25-,26+,27?,30-/m1/s1. The summed E-state index contributed by atoms with van der Waals surface area (Å²) in [6.07, 6.45) is 0.962. The molecule has 3 unspecified atom stereocenters. The van der Waals surface area contributed by atoms with Crippen LogP contribution in [0.1, 0.15) is 48.7 Å². The lowest BCUT2D eigenvalue weighted by molar-refractivity contribution is -0.128. The van der Waals surface area contributed by atoms with E-state index < -0.39 is 23.7 Å². The number of carbonyl (C=O) groups excluding carboxylic acids is 1. The van der Waals surface area contributed by atoms with Gasteiger partial charge in [0.05, 0.1) is 23.9 Å². The van der Waals surface area contributed by atoms with Crippen LogP contribution in [0.2, 0.25) is 0 Å². The lowest BCUT2D eigenvalue weighted by Gasteiger charge is -2.23. The van der Waals surface area contributed by atoms with E-state index in [2.05, 4.69) is 34.3 Å². The predicted molar refractivity (Wildman–Crippen MR) is 141 cm³/mol. The lowest BCUT2D eigenvalue weighted by atomic mass is 9.95. The molecule has 3 N–H and O–H groups in total. The number of nitrogens with one attached hydrogen (secondary N) is 1. The van der Waals surface area contributed by atoms with Crippen molar-refractivity contribution in [3.8, 4) is 11.8 Å². The minimum atomic E-state index is -1.11. The quantitative estimate of drug-likeness (QED) is 0.357. The Hall–Kier alpha value is -4.06. The summed E-state index contributed by atoms with van der Waals surface area (Å²) in [5, 5.41) is 25.3. The van der Waals surface area contributed by atoms with Crippen molar-refractivity contribution in [2.24, 2.45) is 11.3 Å². The molecule has 8 nitrogen and oxygen atoms in total. The number of aromatic nitrogens is 4. The minimum Gasteiger partial charge on any atom is -0.389 e. The Morgan fingerprint density at radius 3 is 2.50 bits per heavy atom. The van der Waals surface area contributed by atoms with Crippen LogP contribution in [0, 0.1) is 23.2 Å². The number of hydrogen-bond donors (Lipinski definition) is 3. The highest BCUT2D eigenvalue weighted by Gasteiger charge is 2.74. The number of anilines is 1. The third-order valence-electron chi connectivity index (χ3n) is 8.50. The smallest absolute Gasteiger partial charge is 0.209 e. The number of imidazole rings is 1. The Morgan fingerprint density at radius 1 is 1.05 bits per heavy atom. The van der Waals surface area contributed by atoms with Gasteiger partial charge in [0.15, 0.2) is 17.0 Å². The van der Waals surface area contributed by atoms with E-state index >= 15 is 0 Å². The third kappa shape index (κ3) is 3.54. The second-order valence-electron chi connectivity index (χ2n) is 10.7. The second-order valence-corrected chi connectivity index (χ2v) is 10.7. The SMILES string of the molecule is CC(=O)[C@]12CC1[C@@H](n1cnc3c(N[C@@H]4CC4c4ccccc4)nc(C#Cc4ccccc4)nc31)[C@H](O)C2O. The minimum absolute atomic E-state index is 0.0898. The van der Waals surface area contributed by atoms with Crippen LogP contribution in [-0.2, 0) is 4.79 Å². The number of fused-ring (bicyclic) bond motifs is 2. The second kappa shape index (κ2) is 8.48. The molecule has 0 amide bonds. The largest absolute Gasteiger partial charge is 0.389 e.